The van der Waals surface area contributed by atoms with E-state index in [0.29, 0.717) is 29.4 Å². The van der Waals surface area contributed by atoms with Gasteiger partial charge in [-0.1, -0.05) is 11.6 Å². The first-order valence-corrected chi connectivity index (χ1v) is 5.02. The van der Waals surface area contributed by atoms with Crippen LogP contribution < -0.4 is 4.74 Å². The Morgan fingerprint density at radius 2 is 2.33 bits per heavy atom. The second kappa shape index (κ2) is 5.59. The summed E-state index contributed by atoms with van der Waals surface area (Å²) in [5.41, 5.74) is 0.449. The third kappa shape index (κ3) is 3.78. The zero-order chi connectivity index (χ0) is 11.3. The highest BCUT2D eigenvalue weighted by Crippen LogP contribution is 2.22. The quantitative estimate of drug-likeness (QED) is 0.856. The topological polar surface area (TPSA) is 53.2 Å². The van der Waals surface area contributed by atoms with Crippen LogP contribution in [0.5, 0.6) is 5.75 Å². The minimum atomic E-state index is -0.408. The van der Waals surface area contributed by atoms with Gasteiger partial charge in [0.15, 0.2) is 0 Å². The second-order valence-corrected chi connectivity index (χ2v) is 3.67. The van der Waals surface area contributed by atoms with Gasteiger partial charge < -0.3 is 9.84 Å². The Morgan fingerprint density at radius 3 is 2.93 bits per heavy atom. The molecule has 0 aromatic heterocycles. The summed E-state index contributed by atoms with van der Waals surface area (Å²) in [6.45, 7) is 2.05. The van der Waals surface area contributed by atoms with E-state index < -0.39 is 6.10 Å². The molecule has 0 saturated heterocycles. The summed E-state index contributed by atoms with van der Waals surface area (Å²) in [6, 6.07) is 6.87. The lowest BCUT2D eigenvalue weighted by Crippen LogP contribution is -2.08. The van der Waals surface area contributed by atoms with E-state index in [0.717, 1.165) is 0 Å². The predicted octanol–water partition coefficient (Wildman–Crippen LogP) is 2.36. The van der Waals surface area contributed by atoms with Crippen LogP contribution in [0.25, 0.3) is 0 Å². The van der Waals surface area contributed by atoms with E-state index in [-0.39, 0.29) is 0 Å². The molecule has 0 aliphatic heterocycles. The molecular weight excluding hydrogens is 214 g/mol. The first-order chi connectivity index (χ1) is 7.13. The van der Waals surface area contributed by atoms with Gasteiger partial charge in [-0.25, -0.2) is 0 Å². The van der Waals surface area contributed by atoms with Gasteiger partial charge in [0, 0.05) is 17.5 Å². The molecule has 0 saturated carbocycles. The zero-order valence-corrected chi connectivity index (χ0v) is 9.16. The summed E-state index contributed by atoms with van der Waals surface area (Å²) in [7, 11) is 0. The lowest BCUT2D eigenvalue weighted by Gasteiger charge is -2.09. The first kappa shape index (κ1) is 11.8. The maximum atomic E-state index is 9.04. The minimum Gasteiger partial charge on any atom is -0.492 e. The molecule has 80 valence electrons. The molecule has 0 spiro atoms. The molecule has 0 amide bonds. The van der Waals surface area contributed by atoms with Crippen molar-refractivity contribution in [3.8, 4) is 11.8 Å². The van der Waals surface area contributed by atoms with Gasteiger partial charge in [0.25, 0.3) is 0 Å². The SMILES string of the molecule is CC(O)CCOc1cc(Cl)ccc1C#N. The lowest BCUT2D eigenvalue weighted by molar-refractivity contribution is 0.155. The maximum Gasteiger partial charge on any atom is 0.138 e. The highest BCUT2D eigenvalue weighted by atomic mass is 35.5. The van der Waals surface area contributed by atoms with E-state index in [9.17, 15) is 0 Å². The number of nitriles is 1. The smallest absolute Gasteiger partial charge is 0.138 e. The molecule has 15 heavy (non-hydrogen) atoms. The van der Waals surface area contributed by atoms with Gasteiger partial charge >= 0.3 is 0 Å². The number of aliphatic hydroxyl groups is 1. The number of ether oxygens (including phenoxy) is 1. The molecule has 0 aliphatic rings. The van der Waals surface area contributed by atoms with Crippen LogP contribution in [-0.4, -0.2) is 17.8 Å². The normalized spacial score (nSPS) is 11.9. The van der Waals surface area contributed by atoms with Crippen molar-refractivity contribution in [3.05, 3.63) is 28.8 Å². The van der Waals surface area contributed by atoms with Gasteiger partial charge in [0.2, 0.25) is 0 Å². The maximum absolute atomic E-state index is 9.04. The molecule has 0 aliphatic carbocycles. The molecule has 0 bridgehead atoms. The fourth-order valence-corrected chi connectivity index (χ4v) is 1.21. The summed E-state index contributed by atoms with van der Waals surface area (Å²) in [6.07, 6.45) is 0.118. The fraction of sp³-hybridized carbons (Fsp3) is 0.364. The number of rotatable bonds is 4. The fourth-order valence-electron chi connectivity index (χ4n) is 1.05. The van der Waals surface area contributed by atoms with Crippen molar-refractivity contribution in [3.63, 3.8) is 0 Å². The Labute approximate surface area is 93.9 Å². The van der Waals surface area contributed by atoms with Crippen molar-refractivity contribution in [2.45, 2.75) is 19.4 Å². The molecule has 4 heteroatoms. The number of hydrogen-bond donors (Lipinski definition) is 1. The third-order valence-electron chi connectivity index (χ3n) is 1.86. The van der Waals surface area contributed by atoms with E-state index in [1.807, 2.05) is 6.07 Å². The van der Waals surface area contributed by atoms with Gasteiger partial charge in [0.1, 0.15) is 11.8 Å². The van der Waals surface area contributed by atoms with Gasteiger partial charge in [-0.2, -0.15) is 5.26 Å². The molecule has 1 rings (SSSR count). The molecule has 1 aromatic carbocycles. The van der Waals surface area contributed by atoms with Crippen LogP contribution in [0.4, 0.5) is 0 Å². The Morgan fingerprint density at radius 1 is 1.60 bits per heavy atom. The molecule has 3 nitrogen and oxygen atoms in total. The second-order valence-electron chi connectivity index (χ2n) is 3.24. The number of nitrogens with zero attached hydrogens (tertiary/aromatic N) is 1. The Bertz CT molecular complexity index is 371. The van der Waals surface area contributed by atoms with E-state index in [1.54, 1.807) is 25.1 Å². The summed E-state index contributed by atoms with van der Waals surface area (Å²) >= 11 is 5.78. The van der Waals surface area contributed by atoms with Crippen molar-refractivity contribution in [1.29, 1.82) is 5.26 Å². The summed E-state index contributed by atoms with van der Waals surface area (Å²) in [4.78, 5) is 0. The van der Waals surface area contributed by atoms with Crippen LogP contribution in [0.3, 0.4) is 0 Å². The molecule has 1 N–H and O–H groups in total. The summed E-state index contributed by atoms with van der Waals surface area (Å²) in [5.74, 6) is 0.464. The highest BCUT2D eigenvalue weighted by molar-refractivity contribution is 6.30. The van der Waals surface area contributed by atoms with E-state index >= 15 is 0 Å². The molecule has 1 aromatic rings. The van der Waals surface area contributed by atoms with Crippen LogP contribution in [0, 0.1) is 11.3 Å². The van der Waals surface area contributed by atoms with E-state index in [1.165, 1.54) is 0 Å². The molecule has 1 atom stereocenters. The summed E-state index contributed by atoms with van der Waals surface area (Å²) in [5, 5.41) is 18.4. The molecule has 0 radical (unpaired) electrons. The van der Waals surface area contributed by atoms with Crippen LogP contribution in [-0.2, 0) is 0 Å². The first-order valence-electron chi connectivity index (χ1n) is 4.64. The van der Waals surface area contributed by atoms with Gasteiger partial charge in [-0.15, -0.1) is 0 Å². The van der Waals surface area contributed by atoms with Crippen LogP contribution in [0.2, 0.25) is 5.02 Å². The monoisotopic (exact) mass is 225 g/mol. The number of benzene rings is 1. The Balaban J connectivity index is 2.67. The van der Waals surface area contributed by atoms with Crippen LogP contribution in [0.15, 0.2) is 18.2 Å². The number of halogens is 1. The average molecular weight is 226 g/mol. The van der Waals surface area contributed by atoms with Crippen LogP contribution in [0.1, 0.15) is 18.9 Å². The van der Waals surface area contributed by atoms with Gasteiger partial charge in [0.05, 0.1) is 18.3 Å². The van der Waals surface area contributed by atoms with Crippen molar-refractivity contribution in [2.24, 2.45) is 0 Å². The van der Waals surface area contributed by atoms with E-state index in [4.69, 9.17) is 26.7 Å². The largest absolute Gasteiger partial charge is 0.492 e. The molecule has 0 fully saturated rings. The van der Waals surface area contributed by atoms with Crippen molar-refractivity contribution in [2.75, 3.05) is 6.61 Å². The van der Waals surface area contributed by atoms with E-state index in [2.05, 4.69) is 0 Å². The number of aliphatic hydroxyl groups excluding tert-OH is 1. The third-order valence-corrected chi connectivity index (χ3v) is 2.09. The summed E-state index contributed by atoms with van der Waals surface area (Å²) < 4.78 is 5.35. The van der Waals surface area contributed by atoms with Gasteiger partial charge in [-0.3, -0.25) is 0 Å². The molecule has 1 unspecified atom stereocenters. The zero-order valence-electron chi connectivity index (χ0n) is 8.40. The highest BCUT2D eigenvalue weighted by Gasteiger charge is 2.04. The standard InChI is InChI=1S/C11H12ClNO2/c1-8(14)4-5-15-11-6-10(12)3-2-9(11)7-13/h2-3,6,8,14H,4-5H2,1H3. The minimum absolute atomic E-state index is 0.368. The average Bonchev–Trinajstić information content (AvgIpc) is 2.17. The van der Waals surface area contributed by atoms with Crippen molar-refractivity contribution >= 4 is 11.6 Å². The molecular formula is C11H12ClNO2. The number of hydrogen-bond acceptors (Lipinski definition) is 3. The Kier molecular flexibility index (Phi) is 4.41. The van der Waals surface area contributed by atoms with Crippen molar-refractivity contribution in [1.82, 2.24) is 0 Å². The molecule has 0 heterocycles. The Hall–Kier alpha value is -1.24. The van der Waals surface area contributed by atoms with Gasteiger partial charge in [-0.05, 0) is 19.1 Å². The predicted molar refractivity (Wildman–Crippen MR) is 58.0 cm³/mol. The lowest BCUT2D eigenvalue weighted by atomic mass is 10.2. The van der Waals surface area contributed by atoms with Crippen molar-refractivity contribution < 1.29 is 9.84 Å². The van der Waals surface area contributed by atoms with Crippen LogP contribution >= 0.6 is 11.6 Å².